The number of likely N-dealkylation sites (tertiary alicyclic amines) is 1. The largest absolute Gasteiger partial charge is 0.340 e. The Morgan fingerprint density at radius 2 is 1.79 bits per heavy atom. The Hall–Kier alpha value is -0.610. The average molecular weight is 267 g/mol. The number of carbonyl (C=O) groups is 1. The van der Waals surface area contributed by atoms with E-state index in [9.17, 15) is 4.79 Å². The molecule has 0 aromatic rings. The van der Waals surface area contributed by atoms with Crippen LogP contribution in [0.4, 0.5) is 0 Å². The van der Waals surface area contributed by atoms with Crippen molar-refractivity contribution in [3.05, 3.63) is 0 Å². The lowest BCUT2D eigenvalue weighted by molar-refractivity contribution is -0.133. The highest BCUT2D eigenvalue weighted by Gasteiger charge is 2.24. The second kappa shape index (κ2) is 6.71. The summed E-state index contributed by atoms with van der Waals surface area (Å²) < 4.78 is 0. The van der Waals surface area contributed by atoms with E-state index in [1.165, 1.54) is 19.5 Å². The summed E-state index contributed by atoms with van der Waals surface area (Å²) in [6.45, 7) is 10.8. The van der Waals surface area contributed by atoms with E-state index in [1.807, 2.05) is 0 Å². The van der Waals surface area contributed by atoms with Gasteiger partial charge in [0.2, 0.25) is 5.91 Å². The molecule has 0 aliphatic carbocycles. The van der Waals surface area contributed by atoms with Crippen molar-refractivity contribution in [2.75, 3.05) is 46.3 Å². The monoisotopic (exact) mass is 267 g/mol. The second-order valence-electron chi connectivity index (χ2n) is 6.49. The zero-order chi connectivity index (χ0) is 13.8. The molecule has 0 spiro atoms. The molecule has 0 aromatic carbocycles. The van der Waals surface area contributed by atoms with E-state index in [-0.39, 0.29) is 0 Å². The fourth-order valence-electron chi connectivity index (χ4n) is 3.20. The lowest BCUT2D eigenvalue weighted by atomic mass is 9.94. The molecule has 2 fully saturated rings. The zero-order valence-electron chi connectivity index (χ0n) is 12.8. The Balaban J connectivity index is 1.59. The maximum absolute atomic E-state index is 12.1. The predicted octanol–water partition coefficient (Wildman–Crippen LogP) is 1.27. The maximum atomic E-state index is 12.1. The van der Waals surface area contributed by atoms with E-state index < -0.39 is 0 Å². The SMILES string of the molecule is CC(C)N1CCN(C(=O)CCCC2CN(C)C2)CC1. The van der Waals surface area contributed by atoms with Crippen LogP contribution in [-0.2, 0) is 4.79 Å². The van der Waals surface area contributed by atoms with Crippen LogP contribution in [0.2, 0.25) is 0 Å². The summed E-state index contributed by atoms with van der Waals surface area (Å²) in [6.07, 6.45) is 3.05. The van der Waals surface area contributed by atoms with Gasteiger partial charge in [0.1, 0.15) is 0 Å². The number of amides is 1. The first kappa shape index (κ1) is 14.8. The fourth-order valence-corrected chi connectivity index (χ4v) is 3.20. The van der Waals surface area contributed by atoms with Gasteiger partial charge >= 0.3 is 0 Å². The Morgan fingerprint density at radius 3 is 2.32 bits per heavy atom. The van der Waals surface area contributed by atoms with Crippen LogP contribution in [0.25, 0.3) is 0 Å². The number of hydrogen-bond donors (Lipinski definition) is 0. The minimum Gasteiger partial charge on any atom is -0.340 e. The number of carbonyl (C=O) groups excluding carboxylic acids is 1. The van der Waals surface area contributed by atoms with Gasteiger partial charge < -0.3 is 9.80 Å². The van der Waals surface area contributed by atoms with Crippen molar-refractivity contribution in [2.45, 2.75) is 39.2 Å². The van der Waals surface area contributed by atoms with Gasteiger partial charge in [0.15, 0.2) is 0 Å². The van der Waals surface area contributed by atoms with Gasteiger partial charge in [-0.3, -0.25) is 9.69 Å². The third kappa shape index (κ3) is 4.18. The molecule has 0 unspecified atom stereocenters. The molecule has 4 nitrogen and oxygen atoms in total. The van der Waals surface area contributed by atoms with Crippen LogP contribution >= 0.6 is 0 Å². The van der Waals surface area contributed by atoms with Crippen LogP contribution in [0.5, 0.6) is 0 Å². The van der Waals surface area contributed by atoms with Crippen molar-refractivity contribution < 1.29 is 4.79 Å². The summed E-state index contributed by atoms with van der Waals surface area (Å²) in [7, 11) is 2.16. The van der Waals surface area contributed by atoms with Crippen LogP contribution in [0.15, 0.2) is 0 Å². The molecule has 2 heterocycles. The van der Waals surface area contributed by atoms with Crippen LogP contribution in [0.1, 0.15) is 33.1 Å². The molecule has 0 radical (unpaired) electrons. The van der Waals surface area contributed by atoms with E-state index in [1.54, 1.807) is 0 Å². The van der Waals surface area contributed by atoms with Crippen LogP contribution < -0.4 is 0 Å². The molecule has 1 amide bonds. The Kier molecular flexibility index (Phi) is 5.22. The summed E-state index contributed by atoms with van der Waals surface area (Å²) >= 11 is 0. The fraction of sp³-hybridized carbons (Fsp3) is 0.933. The molecule has 0 saturated carbocycles. The maximum Gasteiger partial charge on any atom is 0.222 e. The van der Waals surface area contributed by atoms with Gasteiger partial charge in [0.05, 0.1) is 0 Å². The Bertz CT molecular complexity index is 292. The molecule has 0 atom stereocenters. The summed E-state index contributed by atoms with van der Waals surface area (Å²) in [5.41, 5.74) is 0. The van der Waals surface area contributed by atoms with E-state index in [2.05, 4.69) is 35.6 Å². The molecule has 2 aliphatic rings. The molecular weight excluding hydrogens is 238 g/mol. The van der Waals surface area contributed by atoms with Crippen molar-refractivity contribution >= 4 is 5.91 Å². The van der Waals surface area contributed by atoms with Crippen LogP contribution in [0.3, 0.4) is 0 Å². The average Bonchev–Trinajstić information content (AvgIpc) is 2.36. The van der Waals surface area contributed by atoms with E-state index in [4.69, 9.17) is 0 Å². The third-order valence-corrected chi connectivity index (χ3v) is 4.54. The summed E-state index contributed by atoms with van der Waals surface area (Å²) in [5, 5.41) is 0. The van der Waals surface area contributed by atoms with Crippen molar-refractivity contribution in [1.82, 2.24) is 14.7 Å². The number of nitrogens with zero attached hydrogens (tertiary/aromatic N) is 3. The lowest BCUT2D eigenvalue weighted by Gasteiger charge is -2.37. The normalized spacial score (nSPS) is 22.8. The van der Waals surface area contributed by atoms with Crippen molar-refractivity contribution in [3.63, 3.8) is 0 Å². The van der Waals surface area contributed by atoms with Gasteiger partial charge in [-0.05, 0) is 39.7 Å². The highest BCUT2D eigenvalue weighted by Crippen LogP contribution is 2.19. The summed E-state index contributed by atoms with van der Waals surface area (Å²) in [5.74, 6) is 1.21. The molecule has 19 heavy (non-hydrogen) atoms. The molecule has 4 heteroatoms. The minimum atomic E-state index is 0.371. The van der Waals surface area contributed by atoms with Gasteiger partial charge in [0.25, 0.3) is 0 Å². The minimum absolute atomic E-state index is 0.371. The smallest absolute Gasteiger partial charge is 0.222 e. The molecule has 0 N–H and O–H groups in total. The topological polar surface area (TPSA) is 26.8 Å². The van der Waals surface area contributed by atoms with Crippen molar-refractivity contribution in [3.8, 4) is 0 Å². The summed E-state index contributed by atoms with van der Waals surface area (Å²) in [6, 6.07) is 0.604. The standard InChI is InChI=1S/C15H29N3O/c1-13(2)17-7-9-18(10-8-17)15(19)6-4-5-14-11-16(3)12-14/h13-14H,4-12H2,1-3H3. The molecular formula is C15H29N3O. The molecule has 2 aliphatic heterocycles. The lowest BCUT2D eigenvalue weighted by Crippen LogP contribution is -2.50. The molecule has 110 valence electrons. The highest BCUT2D eigenvalue weighted by atomic mass is 16.2. The third-order valence-electron chi connectivity index (χ3n) is 4.54. The highest BCUT2D eigenvalue weighted by molar-refractivity contribution is 5.76. The van der Waals surface area contributed by atoms with E-state index >= 15 is 0 Å². The first-order valence-electron chi connectivity index (χ1n) is 7.76. The van der Waals surface area contributed by atoms with Crippen LogP contribution in [-0.4, -0.2) is 73.0 Å². The predicted molar refractivity (Wildman–Crippen MR) is 78.1 cm³/mol. The van der Waals surface area contributed by atoms with Crippen LogP contribution in [0, 0.1) is 5.92 Å². The first-order valence-corrected chi connectivity index (χ1v) is 7.76. The van der Waals surface area contributed by atoms with Crippen molar-refractivity contribution in [1.29, 1.82) is 0 Å². The quantitative estimate of drug-likeness (QED) is 0.750. The number of rotatable bonds is 5. The van der Waals surface area contributed by atoms with Gasteiger partial charge in [-0.2, -0.15) is 0 Å². The second-order valence-corrected chi connectivity index (χ2v) is 6.49. The molecule has 2 rings (SSSR count). The van der Waals surface area contributed by atoms with Gasteiger partial charge in [-0.25, -0.2) is 0 Å². The zero-order valence-corrected chi connectivity index (χ0v) is 12.8. The van der Waals surface area contributed by atoms with Gasteiger partial charge in [0, 0.05) is 51.7 Å². The Morgan fingerprint density at radius 1 is 1.16 bits per heavy atom. The molecule has 2 saturated heterocycles. The molecule has 0 aromatic heterocycles. The molecule has 0 bridgehead atoms. The van der Waals surface area contributed by atoms with E-state index in [0.29, 0.717) is 11.9 Å². The first-order chi connectivity index (χ1) is 9.06. The van der Waals surface area contributed by atoms with Gasteiger partial charge in [-0.15, -0.1) is 0 Å². The van der Waals surface area contributed by atoms with E-state index in [0.717, 1.165) is 44.9 Å². The number of piperazine rings is 1. The van der Waals surface area contributed by atoms with Crippen molar-refractivity contribution in [2.24, 2.45) is 5.92 Å². The van der Waals surface area contributed by atoms with Gasteiger partial charge in [-0.1, -0.05) is 0 Å². The Labute approximate surface area is 117 Å². The summed E-state index contributed by atoms with van der Waals surface area (Å²) in [4.78, 5) is 19.0. The number of hydrogen-bond acceptors (Lipinski definition) is 3.